The molecule has 0 aliphatic heterocycles. The zero-order chi connectivity index (χ0) is 10.7. The van der Waals surface area contributed by atoms with Crippen molar-refractivity contribution in [3.05, 3.63) is 52.9 Å². The van der Waals surface area contributed by atoms with Crippen molar-refractivity contribution in [2.75, 3.05) is 0 Å². The van der Waals surface area contributed by atoms with Gasteiger partial charge in [0.1, 0.15) is 5.52 Å². The highest BCUT2D eigenvalue weighted by Gasteiger charge is 2.15. The maximum absolute atomic E-state index is 11.6. The molecule has 3 nitrogen and oxygen atoms in total. The third-order valence-corrected chi connectivity index (χ3v) is 3.03. The number of pyridine rings is 1. The normalized spacial score (nSPS) is 12.0. The molecule has 3 heterocycles. The van der Waals surface area contributed by atoms with Gasteiger partial charge in [-0.3, -0.25) is 4.40 Å². The van der Waals surface area contributed by atoms with Gasteiger partial charge in [0.2, 0.25) is 5.71 Å². The van der Waals surface area contributed by atoms with Crippen LogP contribution in [-0.2, 0) is 0 Å². The van der Waals surface area contributed by atoms with Gasteiger partial charge in [0.25, 0.3) is 0 Å². The number of oxazole rings is 1. The second kappa shape index (κ2) is 2.44. The summed E-state index contributed by atoms with van der Waals surface area (Å²) in [5, 5.41) is 2.10. The lowest BCUT2D eigenvalue weighted by molar-refractivity contribution is 0.575. The van der Waals surface area contributed by atoms with Crippen molar-refractivity contribution < 1.29 is 4.42 Å². The zero-order valence-corrected chi connectivity index (χ0v) is 8.31. The summed E-state index contributed by atoms with van der Waals surface area (Å²) in [6.45, 7) is 0. The zero-order valence-electron chi connectivity index (χ0n) is 8.31. The molecule has 0 saturated heterocycles. The monoisotopic (exact) mass is 209 g/mol. The van der Waals surface area contributed by atoms with Crippen LogP contribution < -0.4 is 5.63 Å². The number of nitrogens with zero attached hydrogens (tertiary/aromatic N) is 1. The molecule has 0 saturated carbocycles. The molecule has 16 heavy (non-hydrogen) atoms. The van der Waals surface area contributed by atoms with Crippen LogP contribution in [0.5, 0.6) is 0 Å². The number of hydrogen-bond donors (Lipinski definition) is 0. The highest BCUT2D eigenvalue weighted by Crippen LogP contribution is 2.29. The van der Waals surface area contributed by atoms with Gasteiger partial charge in [0.05, 0.1) is 5.52 Å². The van der Waals surface area contributed by atoms with Crippen LogP contribution >= 0.6 is 0 Å². The quantitative estimate of drug-likeness (QED) is 0.446. The van der Waals surface area contributed by atoms with Crippen molar-refractivity contribution in [3.8, 4) is 0 Å². The van der Waals surface area contributed by atoms with Gasteiger partial charge in [-0.2, -0.15) is 0 Å². The van der Waals surface area contributed by atoms with E-state index in [1.54, 1.807) is 6.07 Å². The van der Waals surface area contributed by atoms with Gasteiger partial charge in [-0.1, -0.05) is 24.3 Å². The largest absolute Gasteiger partial charge is 0.404 e. The Morgan fingerprint density at radius 2 is 1.62 bits per heavy atom. The molecule has 0 aliphatic carbocycles. The van der Waals surface area contributed by atoms with E-state index in [0.29, 0.717) is 11.2 Å². The number of hydrogen-bond acceptors (Lipinski definition) is 2. The van der Waals surface area contributed by atoms with Gasteiger partial charge >= 0.3 is 5.63 Å². The van der Waals surface area contributed by atoms with Gasteiger partial charge in [0, 0.05) is 10.8 Å². The molecule has 0 spiro atoms. The minimum absolute atomic E-state index is 0.272. The smallest absolute Gasteiger partial charge is 0.362 e. The van der Waals surface area contributed by atoms with Crippen molar-refractivity contribution in [3.63, 3.8) is 0 Å². The lowest BCUT2D eigenvalue weighted by Gasteiger charge is -1.91. The van der Waals surface area contributed by atoms with Crippen molar-refractivity contribution in [1.82, 2.24) is 4.40 Å². The maximum Gasteiger partial charge on any atom is 0.362 e. The van der Waals surface area contributed by atoms with E-state index in [1.165, 1.54) is 0 Å². The highest BCUT2D eigenvalue weighted by atomic mass is 16.4. The van der Waals surface area contributed by atoms with E-state index in [2.05, 4.69) is 0 Å². The summed E-state index contributed by atoms with van der Waals surface area (Å²) in [4.78, 5) is 11.6. The minimum Gasteiger partial charge on any atom is -0.404 e. The molecule has 76 valence electrons. The molecule has 3 heteroatoms. The molecule has 0 N–H and O–H groups in total. The van der Waals surface area contributed by atoms with Crippen LogP contribution in [-0.4, -0.2) is 4.40 Å². The average Bonchev–Trinajstić information content (AvgIpc) is 2.82. The molecule has 4 aromatic rings. The van der Waals surface area contributed by atoms with Crippen molar-refractivity contribution in [2.45, 2.75) is 0 Å². The Morgan fingerprint density at radius 3 is 2.50 bits per heavy atom. The van der Waals surface area contributed by atoms with E-state index >= 15 is 0 Å². The summed E-state index contributed by atoms with van der Waals surface area (Å²) in [5.74, 6) is 0. The number of aromatic nitrogens is 1. The molecule has 0 fully saturated rings. The molecule has 0 amide bonds. The predicted molar refractivity (Wildman–Crippen MR) is 62.1 cm³/mol. The summed E-state index contributed by atoms with van der Waals surface area (Å²) < 4.78 is 7.18. The first kappa shape index (κ1) is 7.93. The number of fused-ring (bicyclic) bond motifs is 3. The third-order valence-electron chi connectivity index (χ3n) is 3.03. The van der Waals surface area contributed by atoms with E-state index in [4.69, 9.17) is 4.42 Å². The van der Waals surface area contributed by atoms with Gasteiger partial charge < -0.3 is 4.42 Å². The number of rotatable bonds is 0. The Balaban J connectivity index is 2.55. The third kappa shape index (κ3) is 0.736. The van der Waals surface area contributed by atoms with Crippen molar-refractivity contribution in [1.29, 1.82) is 0 Å². The minimum atomic E-state index is -0.272. The highest BCUT2D eigenvalue weighted by molar-refractivity contribution is 6.07. The van der Waals surface area contributed by atoms with Gasteiger partial charge in [-0.25, -0.2) is 4.79 Å². The second-order valence-electron chi connectivity index (χ2n) is 3.87. The van der Waals surface area contributed by atoms with E-state index in [9.17, 15) is 4.79 Å². The van der Waals surface area contributed by atoms with E-state index < -0.39 is 0 Å². The standard InChI is InChI=1S/C13H7NO2/c15-13-11-7-3-6-10-8-4-1-2-5-9(8)12(16-13)14(10)11/h1-7H. The van der Waals surface area contributed by atoms with Crippen LogP contribution in [0.15, 0.2) is 51.7 Å². The molecule has 0 atom stereocenters. The van der Waals surface area contributed by atoms with Gasteiger partial charge in [-0.15, -0.1) is 0 Å². The molecule has 1 aromatic carbocycles. The maximum atomic E-state index is 11.6. The predicted octanol–water partition coefficient (Wildman–Crippen LogP) is 2.64. The first-order valence-corrected chi connectivity index (χ1v) is 5.10. The first-order valence-electron chi connectivity index (χ1n) is 5.10. The summed E-state index contributed by atoms with van der Waals surface area (Å²) in [7, 11) is 0. The number of benzene rings is 1. The fourth-order valence-corrected chi connectivity index (χ4v) is 2.35. The van der Waals surface area contributed by atoms with Crippen LogP contribution in [0.3, 0.4) is 0 Å². The molecule has 0 aliphatic rings. The van der Waals surface area contributed by atoms with E-state index in [-0.39, 0.29) is 5.63 Å². The fourth-order valence-electron chi connectivity index (χ4n) is 2.35. The Morgan fingerprint density at radius 1 is 0.875 bits per heavy atom. The van der Waals surface area contributed by atoms with Crippen LogP contribution in [0.1, 0.15) is 0 Å². The second-order valence-corrected chi connectivity index (χ2v) is 3.87. The Hall–Kier alpha value is -2.29. The molecule has 4 rings (SSSR count). The lowest BCUT2D eigenvalue weighted by atomic mass is 10.2. The Bertz CT molecular complexity index is 870. The van der Waals surface area contributed by atoms with Crippen LogP contribution in [0.2, 0.25) is 0 Å². The SMILES string of the molecule is O=c1oc2c3ccccc3c3cccc1n32. The fraction of sp³-hybridized carbons (Fsp3) is 0. The first-order chi connectivity index (χ1) is 7.86. The topological polar surface area (TPSA) is 34.6 Å². The van der Waals surface area contributed by atoms with Crippen LogP contribution in [0.25, 0.3) is 27.5 Å². The summed E-state index contributed by atoms with van der Waals surface area (Å²) >= 11 is 0. The van der Waals surface area contributed by atoms with Crippen molar-refractivity contribution >= 4 is 27.5 Å². The molecule has 0 radical (unpaired) electrons. The van der Waals surface area contributed by atoms with Crippen LogP contribution in [0.4, 0.5) is 0 Å². The molecule has 3 aromatic heterocycles. The molecule has 0 bridgehead atoms. The van der Waals surface area contributed by atoms with Crippen LogP contribution in [0, 0.1) is 0 Å². The Kier molecular flexibility index (Phi) is 1.21. The molecule has 0 unspecified atom stereocenters. The average molecular weight is 209 g/mol. The summed E-state index contributed by atoms with van der Waals surface area (Å²) in [6, 6.07) is 13.6. The van der Waals surface area contributed by atoms with E-state index in [0.717, 1.165) is 16.3 Å². The van der Waals surface area contributed by atoms with Crippen molar-refractivity contribution in [2.24, 2.45) is 0 Å². The lowest BCUT2D eigenvalue weighted by Crippen LogP contribution is -1.93. The molecular weight excluding hydrogens is 202 g/mol. The Labute approximate surface area is 89.9 Å². The summed E-state index contributed by atoms with van der Waals surface area (Å²) in [5.41, 5.74) is 2.00. The van der Waals surface area contributed by atoms with Gasteiger partial charge in [0.15, 0.2) is 0 Å². The van der Waals surface area contributed by atoms with E-state index in [1.807, 2.05) is 40.8 Å². The van der Waals surface area contributed by atoms with Gasteiger partial charge in [-0.05, 0) is 18.2 Å². The summed E-state index contributed by atoms with van der Waals surface area (Å²) in [6.07, 6.45) is 0. The molecular formula is C13H7NO2.